The van der Waals surface area contributed by atoms with Crippen molar-refractivity contribution < 1.29 is 4.84 Å². The van der Waals surface area contributed by atoms with Crippen LogP contribution in [0.5, 0.6) is 0 Å². The number of nitrogens with two attached hydrogens (primary N) is 1. The molecule has 0 aliphatic rings. The van der Waals surface area contributed by atoms with E-state index in [-0.39, 0.29) is 5.41 Å². The van der Waals surface area contributed by atoms with Gasteiger partial charge in [0.25, 0.3) is 0 Å². The van der Waals surface area contributed by atoms with Gasteiger partial charge in [-0.15, -0.1) is 0 Å². The number of benzene rings is 1. The van der Waals surface area contributed by atoms with Crippen LogP contribution in [0.25, 0.3) is 0 Å². The summed E-state index contributed by atoms with van der Waals surface area (Å²) in [5, 5.41) is 0. The third-order valence-electron chi connectivity index (χ3n) is 3.22. The molecule has 1 aromatic carbocycles. The smallest absolute Gasteiger partial charge is 0.0770 e. The first-order valence-electron chi connectivity index (χ1n) is 6.22. The zero-order chi connectivity index (χ0) is 12.9. The summed E-state index contributed by atoms with van der Waals surface area (Å²) in [6, 6.07) is 8.65. The van der Waals surface area contributed by atoms with Crippen LogP contribution < -0.4 is 10.8 Å². The maximum atomic E-state index is 5.16. The van der Waals surface area contributed by atoms with Crippen LogP contribution in [0.2, 0.25) is 0 Å². The molecule has 0 saturated heterocycles. The molecule has 96 valence electrons. The van der Waals surface area contributed by atoms with Gasteiger partial charge >= 0.3 is 0 Å². The molecule has 1 rings (SSSR count). The van der Waals surface area contributed by atoms with Gasteiger partial charge < -0.3 is 9.74 Å². The van der Waals surface area contributed by atoms with Crippen LogP contribution in [0.1, 0.15) is 33.3 Å². The molecule has 2 N–H and O–H groups in total. The zero-order valence-corrected chi connectivity index (χ0v) is 11.4. The monoisotopic (exact) mass is 236 g/mol. The van der Waals surface area contributed by atoms with Crippen LogP contribution >= 0.6 is 0 Å². The van der Waals surface area contributed by atoms with E-state index in [1.807, 2.05) is 0 Å². The Kier molecular flexibility index (Phi) is 4.97. The lowest BCUT2D eigenvalue weighted by atomic mass is 9.85. The highest BCUT2D eigenvalue weighted by Crippen LogP contribution is 2.25. The first-order valence-corrected chi connectivity index (χ1v) is 6.22. The summed E-state index contributed by atoms with van der Waals surface area (Å²) >= 11 is 0. The molecule has 0 saturated carbocycles. The van der Waals surface area contributed by atoms with Crippen molar-refractivity contribution in [1.29, 1.82) is 0 Å². The van der Waals surface area contributed by atoms with Gasteiger partial charge in [0.1, 0.15) is 0 Å². The molecule has 0 unspecified atom stereocenters. The fourth-order valence-electron chi connectivity index (χ4n) is 2.00. The highest BCUT2D eigenvalue weighted by molar-refractivity contribution is 5.48. The summed E-state index contributed by atoms with van der Waals surface area (Å²) in [6.45, 7) is 11.2. The van der Waals surface area contributed by atoms with Gasteiger partial charge in [-0.25, -0.2) is 5.90 Å². The number of rotatable bonds is 6. The molecule has 0 aliphatic carbocycles. The number of hydrogen-bond donors (Lipinski definition) is 1. The van der Waals surface area contributed by atoms with E-state index < -0.39 is 0 Å². The third-order valence-corrected chi connectivity index (χ3v) is 3.22. The Morgan fingerprint density at radius 3 is 2.06 bits per heavy atom. The molecule has 1 aromatic rings. The predicted molar refractivity (Wildman–Crippen MR) is 73.2 cm³/mol. The molecule has 17 heavy (non-hydrogen) atoms. The Balaban J connectivity index is 2.87. The number of hydrogen-bond acceptors (Lipinski definition) is 3. The van der Waals surface area contributed by atoms with E-state index in [1.54, 1.807) is 0 Å². The van der Waals surface area contributed by atoms with Crippen LogP contribution in [0.15, 0.2) is 24.3 Å². The van der Waals surface area contributed by atoms with Crippen molar-refractivity contribution in [2.45, 2.75) is 33.1 Å². The van der Waals surface area contributed by atoms with E-state index in [4.69, 9.17) is 10.7 Å². The normalized spacial score (nSPS) is 11.6. The topological polar surface area (TPSA) is 38.5 Å². The second kappa shape index (κ2) is 6.03. The largest absolute Gasteiger partial charge is 0.372 e. The minimum atomic E-state index is -0.0451. The number of anilines is 1. The van der Waals surface area contributed by atoms with E-state index in [0.717, 1.165) is 13.1 Å². The maximum absolute atomic E-state index is 5.16. The highest BCUT2D eigenvalue weighted by Gasteiger charge is 2.20. The second-order valence-corrected chi connectivity index (χ2v) is 4.91. The minimum Gasteiger partial charge on any atom is -0.372 e. The molecule has 0 aliphatic heterocycles. The van der Waals surface area contributed by atoms with Gasteiger partial charge in [0.05, 0.1) is 6.61 Å². The lowest BCUT2D eigenvalue weighted by molar-refractivity contribution is 0.0964. The van der Waals surface area contributed by atoms with Gasteiger partial charge in [-0.1, -0.05) is 26.0 Å². The zero-order valence-electron chi connectivity index (χ0n) is 11.4. The Hall–Kier alpha value is -1.06. The van der Waals surface area contributed by atoms with E-state index in [9.17, 15) is 0 Å². The van der Waals surface area contributed by atoms with E-state index >= 15 is 0 Å². The SMILES string of the molecule is CCN(CC)c1ccc(C(C)(C)CON)cc1. The molecular formula is C14H24N2O. The van der Waals surface area contributed by atoms with E-state index in [2.05, 4.69) is 56.9 Å². The van der Waals surface area contributed by atoms with Gasteiger partial charge in [-0.05, 0) is 31.5 Å². The molecule has 0 bridgehead atoms. The Morgan fingerprint density at radius 2 is 1.65 bits per heavy atom. The van der Waals surface area contributed by atoms with Crippen molar-refractivity contribution in [3.05, 3.63) is 29.8 Å². The first kappa shape index (κ1) is 14.0. The van der Waals surface area contributed by atoms with E-state index in [1.165, 1.54) is 11.3 Å². The van der Waals surface area contributed by atoms with Gasteiger partial charge in [-0.2, -0.15) is 0 Å². The van der Waals surface area contributed by atoms with Crippen LogP contribution in [-0.4, -0.2) is 19.7 Å². The molecule has 0 fully saturated rings. The van der Waals surface area contributed by atoms with Crippen molar-refractivity contribution in [1.82, 2.24) is 0 Å². The lowest BCUT2D eigenvalue weighted by Crippen LogP contribution is -2.26. The predicted octanol–water partition coefficient (Wildman–Crippen LogP) is 2.70. The molecule has 0 aromatic heterocycles. The minimum absolute atomic E-state index is 0.0451. The molecule has 3 heteroatoms. The summed E-state index contributed by atoms with van der Waals surface area (Å²) in [7, 11) is 0. The third kappa shape index (κ3) is 3.45. The number of nitrogens with zero attached hydrogens (tertiary/aromatic N) is 1. The summed E-state index contributed by atoms with van der Waals surface area (Å²) < 4.78 is 0. The van der Waals surface area contributed by atoms with Crippen LogP contribution in [-0.2, 0) is 10.3 Å². The lowest BCUT2D eigenvalue weighted by Gasteiger charge is -2.26. The first-order chi connectivity index (χ1) is 8.05. The Morgan fingerprint density at radius 1 is 1.12 bits per heavy atom. The van der Waals surface area contributed by atoms with Crippen molar-refractivity contribution in [2.75, 3.05) is 24.6 Å². The maximum Gasteiger partial charge on any atom is 0.0770 e. The Bertz CT molecular complexity index is 329. The molecule has 0 amide bonds. The standard InChI is InChI=1S/C14H24N2O/c1-5-16(6-2)13-9-7-12(8-10-13)14(3,4)11-17-15/h7-10H,5-6,11,15H2,1-4H3. The molecule has 0 spiro atoms. The molecule has 3 nitrogen and oxygen atoms in total. The van der Waals surface area contributed by atoms with Crippen LogP contribution in [0.4, 0.5) is 5.69 Å². The Labute approximate surface area is 105 Å². The van der Waals surface area contributed by atoms with Gasteiger partial charge in [0.15, 0.2) is 0 Å². The molecule has 0 atom stereocenters. The summed E-state index contributed by atoms with van der Waals surface area (Å²) in [4.78, 5) is 7.10. The molecule has 0 heterocycles. The van der Waals surface area contributed by atoms with Crippen molar-refractivity contribution in [3.8, 4) is 0 Å². The summed E-state index contributed by atoms with van der Waals surface area (Å²) in [6.07, 6.45) is 0. The molecular weight excluding hydrogens is 212 g/mol. The van der Waals surface area contributed by atoms with Crippen LogP contribution in [0.3, 0.4) is 0 Å². The van der Waals surface area contributed by atoms with Crippen molar-refractivity contribution in [3.63, 3.8) is 0 Å². The van der Waals surface area contributed by atoms with E-state index in [0.29, 0.717) is 6.61 Å². The van der Waals surface area contributed by atoms with Gasteiger partial charge in [-0.3, -0.25) is 0 Å². The second-order valence-electron chi connectivity index (χ2n) is 4.91. The average Bonchev–Trinajstić information content (AvgIpc) is 2.31. The molecule has 0 radical (unpaired) electrons. The summed E-state index contributed by atoms with van der Waals surface area (Å²) in [5.41, 5.74) is 2.47. The van der Waals surface area contributed by atoms with Crippen molar-refractivity contribution in [2.24, 2.45) is 5.90 Å². The van der Waals surface area contributed by atoms with Gasteiger partial charge in [0.2, 0.25) is 0 Å². The average molecular weight is 236 g/mol. The van der Waals surface area contributed by atoms with Gasteiger partial charge in [0, 0.05) is 24.2 Å². The fourth-order valence-corrected chi connectivity index (χ4v) is 2.00. The quantitative estimate of drug-likeness (QED) is 0.772. The van der Waals surface area contributed by atoms with Crippen LogP contribution in [0, 0.1) is 0 Å². The fraction of sp³-hybridized carbons (Fsp3) is 0.571. The van der Waals surface area contributed by atoms with Crippen molar-refractivity contribution >= 4 is 5.69 Å². The summed E-state index contributed by atoms with van der Waals surface area (Å²) in [5.74, 6) is 5.16. The highest BCUT2D eigenvalue weighted by atomic mass is 16.6.